The van der Waals surface area contributed by atoms with Gasteiger partial charge < -0.3 is 15.0 Å². The molecular weight excluding hydrogens is 284 g/mol. The summed E-state index contributed by atoms with van der Waals surface area (Å²) in [6, 6.07) is 6.16. The summed E-state index contributed by atoms with van der Waals surface area (Å²) >= 11 is 6.09. The van der Waals surface area contributed by atoms with E-state index >= 15 is 0 Å². The Kier molecular flexibility index (Phi) is 6.19. The van der Waals surface area contributed by atoms with Crippen molar-refractivity contribution in [1.29, 1.82) is 0 Å². The molecule has 0 aromatic heterocycles. The first-order valence-corrected chi connectivity index (χ1v) is 8.34. The van der Waals surface area contributed by atoms with E-state index in [1.165, 1.54) is 38.9 Å². The van der Waals surface area contributed by atoms with Crippen LogP contribution >= 0.6 is 11.6 Å². The van der Waals surface area contributed by atoms with E-state index in [1.54, 1.807) is 7.11 Å². The van der Waals surface area contributed by atoms with Crippen molar-refractivity contribution in [3.05, 3.63) is 23.2 Å². The van der Waals surface area contributed by atoms with Crippen LogP contribution in [0.15, 0.2) is 18.2 Å². The molecule has 1 saturated heterocycles. The number of piperidine rings is 1. The van der Waals surface area contributed by atoms with Gasteiger partial charge in [-0.1, -0.05) is 18.5 Å². The van der Waals surface area contributed by atoms with Gasteiger partial charge in [-0.15, -0.1) is 0 Å². The molecule has 1 aromatic rings. The van der Waals surface area contributed by atoms with Crippen molar-refractivity contribution in [1.82, 2.24) is 4.90 Å². The smallest absolute Gasteiger partial charge is 0.142 e. The van der Waals surface area contributed by atoms with Crippen molar-refractivity contribution in [2.24, 2.45) is 5.92 Å². The van der Waals surface area contributed by atoms with Crippen LogP contribution in [0.1, 0.15) is 33.1 Å². The lowest BCUT2D eigenvalue weighted by Crippen LogP contribution is -2.39. The highest BCUT2D eigenvalue weighted by Crippen LogP contribution is 2.30. The van der Waals surface area contributed by atoms with Crippen molar-refractivity contribution >= 4 is 17.3 Å². The standard InChI is InChI=1S/C17H27ClN2O/c1-4-9-20-10-7-14(8-11-20)13(2)19-16-12-15(18)5-6-17(16)21-3/h5-6,12-14,19H,4,7-11H2,1-3H3. The minimum absolute atomic E-state index is 0.432. The van der Waals surface area contributed by atoms with Crippen LogP contribution in [0.3, 0.4) is 0 Å². The van der Waals surface area contributed by atoms with Crippen molar-refractivity contribution in [3.8, 4) is 5.75 Å². The van der Waals surface area contributed by atoms with Crippen LogP contribution < -0.4 is 10.1 Å². The second-order valence-corrected chi connectivity index (χ2v) is 6.39. The number of anilines is 1. The lowest BCUT2D eigenvalue weighted by molar-refractivity contribution is 0.176. The number of benzene rings is 1. The normalized spacial score (nSPS) is 18.5. The quantitative estimate of drug-likeness (QED) is 0.849. The van der Waals surface area contributed by atoms with E-state index in [9.17, 15) is 0 Å². The van der Waals surface area contributed by atoms with Gasteiger partial charge in [-0.25, -0.2) is 0 Å². The van der Waals surface area contributed by atoms with Gasteiger partial charge in [0.15, 0.2) is 0 Å². The van der Waals surface area contributed by atoms with Crippen LogP contribution in [0.2, 0.25) is 5.02 Å². The van der Waals surface area contributed by atoms with E-state index in [4.69, 9.17) is 16.3 Å². The van der Waals surface area contributed by atoms with Gasteiger partial charge in [-0.2, -0.15) is 0 Å². The number of ether oxygens (including phenoxy) is 1. The second-order valence-electron chi connectivity index (χ2n) is 5.96. The van der Waals surface area contributed by atoms with E-state index in [-0.39, 0.29) is 0 Å². The highest BCUT2D eigenvalue weighted by Gasteiger charge is 2.24. The van der Waals surface area contributed by atoms with Gasteiger partial charge in [0, 0.05) is 11.1 Å². The summed E-state index contributed by atoms with van der Waals surface area (Å²) in [5.74, 6) is 1.57. The highest BCUT2D eigenvalue weighted by molar-refractivity contribution is 6.30. The maximum absolute atomic E-state index is 6.09. The molecule has 0 amide bonds. The number of rotatable bonds is 6. The Hall–Kier alpha value is -0.930. The van der Waals surface area contributed by atoms with Crippen molar-refractivity contribution in [2.75, 3.05) is 32.1 Å². The summed E-state index contributed by atoms with van der Waals surface area (Å²) < 4.78 is 5.41. The lowest BCUT2D eigenvalue weighted by Gasteiger charge is -2.35. The molecule has 0 aliphatic carbocycles. The molecule has 1 aromatic carbocycles. The van der Waals surface area contributed by atoms with Gasteiger partial charge in [-0.3, -0.25) is 0 Å². The summed E-state index contributed by atoms with van der Waals surface area (Å²) in [6.45, 7) is 8.19. The molecule has 1 unspecified atom stereocenters. The number of likely N-dealkylation sites (tertiary alicyclic amines) is 1. The minimum atomic E-state index is 0.432. The average molecular weight is 311 g/mol. The number of nitrogens with zero attached hydrogens (tertiary/aromatic N) is 1. The van der Waals surface area contributed by atoms with E-state index in [2.05, 4.69) is 24.1 Å². The van der Waals surface area contributed by atoms with Gasteiger partial charge in [0.05, 0.1) is 12.8 Å². The molecule has 21 heavy (non-hydrogen) atoms. The fraction of sp³-hybridized carbons (Fsp3) is 0.647. The summed E-state index contributed by atoms with van der Waals surface area (Å²) in [5, 5.41) is 4.33. The molecule has 1 aliphatic heterocycles. The average Bonchev–Trinajstić information content (AvgIpc) is 2.48. The van der Waals surface area contributed by atoms with Crippen LogP contribution in [0.25, 0.3) is 0 Å². The van der Waals surface area contributed by atoms with Gasteiger partial charge in [0.2, 0.25) is 0 Å². The second kappa shape index (κ2) is 7.90. The Morgan fingerprint density at radius 1 is 1.38 bits per heavy atom. The third-order valence-electron chi connectivity index (χ3n) is 4.42. The molecule has 4 heteroatoms. The van der Waals surface area contributed by atoms with Gasteiger partial charge >= 0.3 is 0 Å². The van der Waals surface area contributed by atoms with Gasteiger partial charge in [0.25, 0.3) is 0 Å². The molecule has 1 fully saturated rings. The molecular formula is C17H27ClN2O. The molecule has 0 spiro atoms. The van der Waals surface area contributed by atoms with E-state index < -0.39 is 0 Å². The molecule has 1 aliphatic rings. The molecule has 118 valence electrons. The van der Waals surface area contributed by atoms with Crippen molar-refractivity contribution in [3.63, 3.8) is 0 Å². The Labute approximate surface area is 133 Å². The predicted molar refractivity (Wildman–Crippen MR) is 90.5 cm³/mol. The summed E-state index contributed by atoms with van der Waals surface area (Å²) in [6.07, 6.45) is 3.77. The van der Waals surface area contributed by atoms with Gasteiger partial charge in [0.1, 0.15) is 5.75 Å². The Balaban J connectivity index is 1.93. The molecule has 1 N–H and O–H groups in total. The fourth-order valence-corrected chi connectivity index (χ4v) is 3.32. The highest BCUT2D eigenvalue weighted by atomic mass is 35.5. The number of hydrogen-bond acceptors (Lipinski definition) is 3. The molecule has 3 nitrogen and oxygen atoms in total. The van der Waals surface area contributed by atoms with Gasteiger partial charge in [-0.05, 0) is 69.9 Å². The van der Waals surface area contributed by atoms with Crippen LogP contribution in [-0.4, -0.2) is 37.7 Å². The Morgan fingerprint density at radius 3 is 2.71 bits per heavy atom. The third kappa shape index (κ3) is 4.52. The Bertz CT molecular complexity index is 444. The number of methoxy groups -OCH3 is 1. The van der Waals surface area contributed by atoms with Crippen LogP contribution in [-0.2, 0) is 0 Å². The molecule has 1 atom stereocenters. The summed E-state index contributed by atoms with van der Waals surface area (Å²) in [5.41, 5.74) is 0.994. The SMILES string of the molecule is CCCN1CCC(C(C)Nc2cc(Cl)ccc2OC)CC1. The van der Waals surface area contributed by atoms with Crippen LogP contribution in [0, 0.1) is 5.92 Å². The molecule has 2 rings (SSSR count). The zero-order valence-corrected chi connectivity index (χ0v) is 14.1. The van der Waals surface area contributed by atoms with Crippen molar-refractivity contribution < 1.29 is 4.74 Å². The Morgan fingerprint density at radius 2 is 2.10 bits per heavy atom. The zero-order valence-electron chi connectivity index (χ0n) is 13.4. The number of hydrogen-bond donors (Lipinski definition) is 1. The first-order chi connectivity index (χ1) is 10.1. The first-order valence-electron chi connectivity index (χ1n) is 7.96. The number of halogens is 1. The first kappa shape index (κ1) is 16.4. The van der Waals surface area contributed by atoms with Crippen molar-refractivity contribution in [2.45, 2.75) is 39.2 Å². The topological polar surface area (TPSA) is 24.5 Å². The summed E-state index contributed by atoms with van der Waals surface area (Å²) in [7, 11) is 1.70. The monoisotopic (exact) mass is 310 g/mol. The van der Waals surface area contributed by atoms with Crippen LogP contribution in [0.5, 0.6) is 5.75 Å². The molecule has 0 radical (unpaired) electrons. The largest absolute Gasteiger partial charge is 0.495 e. The number of nitrogens with one attached hydrogen (secondary N) is 1. The fourth-order valence-electron chi connectivity index (χ4n) is 3.15. The maximum atomic E-state index is 6.09. The van der Waals surface area contributed by atoms with E-state index in [0.29, 0.717) is 12.0 Å². The maximum Gasteiger partial charge on any atom is 0.142 e. The third-order valence-corrected chi connectivity index (χ3v) is 4.66. The van der Waals surface area contributed by atoms with Crippen LogP contribution in [0.4, 0.5) is 5.69 Å². The van der Waals surface area contributed by atoms with E-state index in [0.717, 1.165) is 16.5 Å². The molecule has 1 heterocycles. The molecule has 0 bridgehead atoms. The molecule has 0 saturated carbocycles. The zero-order chi connectivity index (χ0) is 15.2. The summed E-state index contributed by atoms with van der Waals surface area (Å²) in [4.78, 5) is 2.57. The minimum Gasteiger partial charge on any atom is -0.495 e. The predicted octanol–water partition coefficient (Wildman–Crippen LogP) is 4.27. The van der Waals surface area contributed by atoms with E-state index in [1.807, 2.05) is 18.2 Å². The lowest BCUT2D eigenvalue weighted by atomic mass is 9.90.